The predicted octanol–water partition coefficient (Wildman–Crippen LogP) is 1.49. The molecule has 0 saturated heterocycles. The minimum atomic E-state index is -4.76. The maximum atomic E-state index is 12.8. The standard InChI is InChI=1S/C14H11F3N4O2/c1-20-11(14(15,16)17)5-12(22)21(13(20)23)7-8-2-3-10-9(4-8)6-18-19-10/h2-6H,7H2,1H3,(H,18,19). The third-order valence-electron chi connectivity index (χ3n) is 3.54. The van der Waals surface area contributed by atoms with Crippen LogP contribution < -0.4 is 11.2 Å². The number of aromatic amines is 1. The highest BCUT2D eigenvalue weighted by molar-refractivity contribution is 5.78. The lowest BCUT2D eigenvalue weighted by Gasteiger charge is -2.13. The summed E-state index contributed by atoms with van der Waals surface area (Å²) in [5.41, 5.74) is -1.89. The monoisotopic (exact) mass is 324 g/mol. The van der Waals surface area contributed by atoms with Gasteiger partial charge in [0.1, 0.15) is 5.69 Å². The van der Waals surface area contributed by atoms with E-state index in [1.165, 1.54) is 0 Å². The Morgan fingerprint density at radius 3 is 2.65 bits per heavy atom. The molecule has 0 unspecified atom stereocenters. The number of halogens is 3. The van der Waals surface area contributed by atoms with Crippen molar-refractivity contribution in [2.24, 2.45) is 7.05 Å². The zero-order valence-corrected chi connectivity index (χ0v) is 11.9. The minimum absolute atomic E-state index is 0.120. The molecule has 2 aromatic heterocycles. The number of rotatable bonds is 2. The van der Waals surface area contributed by atoms with Gasteiger partial charge in [-0.3, -0.25) is 19.0 Å². The molecule has 3 aromatic rings. The molecular weight excluding hydrogens is 313 g/mol. The van der Waals surface area contributed by atoms with Gasteiger partial charge in [0.05, 0.1) is 18.3 Å². The summed E-state index contributed by atoms with van der Waals surface area (Å²) in [6.45, 7) is -0.120. The second-order valence-corrected chi connectivity index (χ2v) is 5.08. The molecule has 3 rings (SSSR count). The lowest BCUT2D eigenvalue weighted by atomic mass is 10.1. The van der Waals surface area contributed by atoms with Gasteiger partial charge in [0, 0.05) is 18.5 Å². The number of alkyl halides is 3. The molecule has 1 aromatic carbocycles. The van der Waals surface area contributed by atoms with Crippen molar-refractivity contribution in [3.05, 3.63) is 62.6 Å². The molecule has 2 heterocycles. The molecule has 0 spiro atoms. The summed E-state index contributed by atoms with van der Waals surface area (Å²) in [4.78, 5) is 24.0. The normalized spacial score (nSPS) is 12.0. The van der Waals surface area contributed by atoms with Gasteiger partial charge in [-0.25, -0.2) is 4.79 Å². The van der Waals surface area contributed by atoms with E-state index in [0.717, 1.165) is 22.5 Å². The van der Waals surface area contributed by atoms with Crippen molar-refractivity contribution >= 4 is 10.9 Å². The first-order chi connectivity index (χ1) is 10.8. The largest absolute Gasteiger partial charge is 0.431 e. The first-order valence-electron chi connectivity index (χ1n) is 6.57. The number of aromatic nitrogens is 4. The average molecular weight is 324 g/mol. The van der Waals surface area contributed by atoms with Crippen LogP contribution in [0.2, 0.25) is 0 Å². The minimum Gasteiger partial charge on any atom is -0.292 e. The van der Waals surface area contributed by atoms with Gasteiger partial charge >= 0.3 is 11.9 Å². The van der Waals surface area contributed by atoms with Gasteiger partial charge in [0.15, 0.2) is 0 Å². The maximum Gasteiger partial charge on any atom is 0.431 e. The lowest BCUT2D eigenvalue weighted by Crippen LogP contribution is -2.41. The quantitative estimate of drug-likeness (QED) is 0.776. The molecule has 0 saturated carbocycles. The summed E-state index contributed by atoms with van der Waals surface area (Å²) in [6, 6.07) is 5.53. The molecule has 0 atom stereocenters. The van der Waals surface area contributed by atoms with Crippen LogP contribution in [0.4, 0.5) is 13.2 Å². The Kier molecular flexibility index (Phi) is 3.35. The van der Waals surface area contributed by atoms with E-state index in [-0.39, 0.29) is 6.54 Å². The Labute approximate surface area is 126 Å². The molecule has 0 radical (unpaired) electrons. The van der Waals surface area contributed by atoms with E-state index in [1.807, 2.05) is 0 Å². The Morgan fingerprint density at radius 1 is 1.22 bits per heavy atom. The summed E-state index contributed by atoms with van der Waals surface area (Å²) in [5, 5.41) is 7.39. The molecule has 0 fully saturated rings. The average Bonchev–Trinajstić information content (AvgIpc) is 2.93. The third kappa shape index (κ3) is 2.65. The fraction of sp³-hybridized carbons (Fsp3) is 0.214. The predicted molar refractivity (Wildman–Crippen MR) is 76.1 cm³/mol. The zero-order valence-electron chi connectivity index (χ0n) is 11.9. The van der Waals surface area contributed by atoms with Gasteiger partial charge in [-0.1, -0.05) is 6.07 Å². The number of hydrogen-bond acceptors (Lipinski definition) is 3. The van der Waals surface area contributed by atoms with Crippen LogP contribution >= 0.6 is 0 Å². The van der Waals surface area contributed by atoms with Crippen LogP contribution in [0.25, 0.3) is 10.9 Å². The van der Waals surface area contributed by atoms with Gasteiger partial charge < -0.3 is 0 Å². The Balaban J connectivity index is 2.08. The Morgan fingerprint density at radius 2 is 1.96 bits per heavy atom. The smallest absolute Gasteiger partial charge is 0.292 e. The first kappa shape index (κ1) is 15.1. The first-order valence-corrected chi connectivity index (χ1v) is 6.57. The Bertz CT molecular complexity index is 998. The van der Waals surface area contributed by atoms with Crippen molar-refractivity contribution in [1.29, 1.82) is 0 Å². The number of fused-ring (bicyclic) bond motifs is 1. The third-order valence-corrected chi connectivity index (χ3v) is 3.54. The molecule has 0 aliphatic carbocycles. The van der Waals surface area contributed by atoms with Gasteiger partial charge in [0.25, 0.3) is 5.56 Å². The molecule has 0 aliphatic rings. The topological polar surface area (TPSA) is 72.7 Å². The van der Waals surface area contributed by atoms with Crippen LogP contribution in [-0.2, 0) is 19.8 Å². The summed E-state index contributed by atoms with van der Waals surface area (Å²) in [5.74, 6) is 0. The van der Waals surface area contributed by atoms with E-state index in [9.17, 15) is 22.8 Å². The SMILES string of the molecule is Cn1c(C(F)(F)F)cc(=O)n(Cc2ccc3[nH]ncc3c2)c1=O. The Hall–Kier alpha value is -2.84. The van der Waals surface area contributed by atoms with Gasteiger partial charge in [-0.15, -0.1) is 0 Å². The molecule has 9 heteroatoms. The second kappa shape index (κ2) is 5.11. The van der Waals surface area contributed by atoms with Gasteiger partial charge in [-0.05, 0) is 17.7 Å². The van der Waals surface area contributed by atoms with Crippen LogP contribution in [0.15, 0.2) is 40.1 Å². The number of H-pyrrole nitrogens is 1. The van der Waals surface area contributed by atoms with Crippen molar-refractivity contribution in [3.63, 3.8) is 0 Å². The number of hydrogen-bond donors (Lipinski definition) is 1. The van der Waals surface area contributed by atoms with E-state index >= 15 is 0 Å². The summed E-state index contributed by atoms with van der Waals surface area (Å²) in [6.07, 6.45) is -3.19. The van der Waals surface area contributed by atoms with Crippen molar-refractivity contribution in [2.45, 2.75) is 12.7 Å². The van der Waals surface area contributed by atoms with Gasteiger partial charge in [-0.2, -0.15) is 18.3 Å². The van der Waals surface area contributed by atoms with Crippen LogP contribution in [0.5, 0.6) is 0 Å². The second-order valence-electron chi connectivity index (χ2n) is 5.08. The lowest BCUT2D eigenvalue weighted by molar-refractivity contribution is -0.144. The molecule has 1 N–H and O–H groups in total. The van der Waals surface area contributed by atoms with Crippen LogP contribution in [0.3, 0.4) is 0 Å². The van der Waals surface area contributed by atoms with Crippen molar-refractivity contribution in [1.82, 2.24) is 19.3 Å². The van der Waals surface area contributed by atoms with E-state index in [2.05, 4.69) is 10.2 Å². The highest BCUT2D eigenvalue weighted by Crippen LogP contribution is 2.26. The molecule has 23 heavy (non-hydrogen) atoms. The van der Waals surface area contributed by atoms with Crippen molar-refractivity contribution in [3.8, 4) is 0 Å². The van der Waals surface area contributed by atoms with E-state index in [0.29, 0.717) is 16.2 Å². The molecule has 120 valence electrons. The summed E-state index contributed by atoms with van der Waals surface area (Å²) >= 11 is 0. The molecular formula is C14H11F3N4O2. The highest BCUT2D eigenvalue weighted by Gasteiger charge is 2.34. The number of benzene rings is 1. The fourth-order valence-corrected chi connectivity index (χ4v) is 2.36. The van der Waals surface area contributed by atoms with E-state index in [4.69, 9.17) is 0 Å². The number of nitrogens with zero attached hydrogens (tertiary/aromatic N) is 3. The zero-order chi connectivity index (χ0) is 16.8. The summed E-state index contributed by atoms with van der Waals surface area (Å²) in [7, 11) is 0.986. The van der Waals surface area contributed by atoms with Crippen LogP contribution in [0, 0.1) is 0 Å². The van der Waals surface area contributed by atoms with E-state index < -0.39 is 23.1 Å². The molecule has 6 nitrogen and oxygen atoms in total. The fourth-order valence-electron chi connectivity index (χ4n) is 2.36. The summed E-state index contributed by atoms with van der Waals surface area (Å²) < 4.78 is 39.6. The molecule has 0 amide bonds. The van der Waals surface area contributed by atoms with E-state index in [1.54, 1.807) is 24.4 Å². The van der Waals surface area contributed by atoms with Crippen molar-refractivity contribution < 1.29 is 13.2 Å². The molecule has 0 bridgehead atoms. The van der Waals surface area contributed by atoms with Gasteiger partial charge in [0.2, 0.25) is 0 Å². The number of nitrogens with one attached hydrogen (secondary N) is 1. The van der Waals surface area contributed by atoms with Crippen molar-refractivity contribution in [2.75, 3.05) is 0 Å². The van der Waals surface area contributed by atoms with Crippen LogP contribution in [-0.4, -0.2) is 19.3 Å². The highest BCUT2D eigenvalue weighted by atomic mass is 19.4. The van der Waals surface area contributed by atoms with Crippen LogP contribution in [0.1, 0.15) is 11.3 Å². The molecule has 0 aliphatic heterocycles. The maximum absolute atomic E-state index is 12.8.